The van der Waals surface area contributed by atoms with E-state index in [-0.39, 0.29) is 0 Å². The van der Waals surface area contributed by atoms with Gasteiger partial charge in [0.05, 0.1) is 12.3 Å². The molecule has 1 aliphatic heterocycles. The van der Waals surface area contributed by atoms with Crippen LogP contribution >= 0.6 is 0 Å². The summed E-state index contributed by atoms with van der Waals surface area (Å²) in [5, 5.41) is 16.4. The van der Waals surface area contributed by atoms with E-state index in [1.807, 2.05) is 48.3 Å². The van der Waals surface area contributed by atoms with Gasteiger partial charge in [-0.05, 0) is 25.5 Å². The number of aryl methyl sites for hydroxylation is 2. The Morgan fingerprint density at radius 1 is 1.25 bits per heavy atom. The molecule has 0 saturated heterocycles. The van der Waals surface area contributed by atoms with Gasteiger partial charge in [-0.3, -0.25) is 9.08 Å². The Morgan fingerprint density at radius 3 is 2.96 bits per heavy atom. The quantitative estimate of drug-likeness (QED) is 0.591. The number of aromatic nitrogens is 6. The second-order valence-corrected chi connectivity index (χ2v) is 7.04. The fraction of sp³-hybridized carbons (Fsp3) is 0.300. The fourth-order valence-corrected chi connectivity index (χ4v) is 3.92. The predicted molar refractivity (Wildman–Crippen MR) is 105 cm³/mol. The highest BCUT2D eigenvalue weighted by molar-refractivity contribution is 5.80. The molecule has 5 rings (SSSR count). The van der Waals surface area contributed by atoms with E-state index in [2.05, 4.69) is 31.7 Å². The van der Waals surface area contributed by atoms with Crippen molar-refractivity contribution >= 4 is 11.6 Å². The Labute approximate surface area is 162 Å². The highest BCUT2D eigenvalue weighted by Crippen LogP contribution is 2.31. The molecule has 8 nitrogen and oxygen atoms in total. The van der Waals surface area contributed by atoms with E-state index in [1.165, 1.54) is 11.1 Å². The van der Waals surface area contributed by atoms with Gasteiger partial charge in [-0.2, -0.15) is 5.10 Å². The van der Waals surface area contributed by atoms with E-state index >= 15 is 0 Å². The normalized spacial score (nSPS) is 13.0. The molecule has 0 atom stereocenters. The molecule has 1 aromatic carbocycles. The zero-order valence-electron chi connectivity index (χ0n) is 16.1. The molecule has 8 heteroatoms. The second kappa shape index (κ2) is 6.33. The van der Waals surface area contributed by atoms with E-state index in [4.69, 9.17) is 4.74 Å². The van der Waals surface area contributed by atoms with Crippen molar-refractivity contribution in [3.63, 3.8) is 0 Å². The van der Waals surface area contributed by atoms with E-state index in [0.717, 1.165) is 46.9 Å². The fourth-order valence-electron chi connectivity index (χ4n) is 3.92. The van der Waals surface area contributed by atoms with Crippen LogP contribution in [0.4, 0.5) is 5.95 Å². The largest absolute Gasteiger partial charge is 0.493 e. The Bertz CT molecular complexity index is 1190. The first-order valence-electron chi connectivity index (χ1n) is 9.30. The molecular formula is C20H21N7O. The Kier molecular flexibility index (Phi) is 3.78. The van der Waals surface area contributed by atoms with Crippen molar-refractivity contribution in [1.29, 1.82) is 0 Å². The molecule has 1 N–H and O–H groups in total. The minimum absolute atomic E-state index is 0.664. The molecule has 142 valence electrons. The van der Waals surface area contributed by atoms with Crippen LogP contribution in [-0.2, 0) is 20.0 Å². The van der Waals surface area contributed by atoms with Gasteiger partial charge < -0.3 is 10.1 Å². The molecule has 28 heavy (non-hydrogen) atoms. The Hall–Kier alpha value is -3.42. The zero-order chi connectivity index (χ0) is 19.3. The van der Waals surface area contributed by atoms with Crippen LogP contribution < -0.4 is 10.1 Å². The standard InChI is InChI=1S/C20H21N7O/c1-12-18(13(2)26(3)25-12)16-10-22-20(27-11-23-24-19(16)27)21-9-14-5-4-6-17-15(14)7-8-28-17/h4-6,10-11H,7-9H2,1-3H3,(H,21,22). The third-order valence-corrected chi connectivity index (χ3v) is 5.39. The molecule has 3 aromatic heterocycles. The summed E-state index contributed by atoms with van der Waals surface area (Å²) >= 11 is 0. The number of anilines is 1. The van der Waals surface area contributed by atoms with Crippen LogP contribution in [0.3, 0.4) is 0 Å². The second-order valence-electron chi connectivity index (χ2n) is 7.04. The van der Waals surface area contributed by atoms with Crippen LogP contribution in [0.5, 0.6) is 5.75 Å². The maximum atomic E-state index is 5.66. The highest BCUT2D eigenvalue weighted by Gasteiger charge is 2.19. The smallest absolute Gasteiger partial charge is 0.210 e. The number of fused-ring (bicyclic) bond motifs is 2. The number of hydrogen-bond donors (Lipinski definition) is 1. The number of nitrogens with one attached hydrogen (secondary N) is 1. The minimum atomic E-state index is 0.664. The summed E-state index contributed by atoms with van der Waals surface area (Å²) in [6.45, 7) is 5.46. The maximum absolute atomic E-state index is 5.66. The van der Waals surface area contributed by atoms with Crippen molar-refractivity contribution in [3.8, 4) is 16.9 Å². The highest BCUT2D eigenvalue weighted by atomic mass is 16.5. The maximum Gasteiger partial charge on any atom is 0.210 e. The van der Waals surface area contributed by atoms with Crippen molar-refractivity contribution in [3.05, 3.63) is 53.2 Å². The van der Waals surface area contributed by atoms with Crippen molar-refractivity contribution in [2.24, 2.45) is 7.05 Å². The molecule has 4 heterocycles. The molecule has 0 bridgehead atoms. The summed E-state index contributed by atoms with van der Waals surface area (Å²) in [6, 6.07) is 6.18. The number of benzene rings is 1. The lowest BCUT2D eigenvalue weighted by Crippen LogP contribution is -2.08. The molecule has 0 spiro atoms. The Morgan fingerprint density at radius 2 is 2.14 bits per heavy atom. The van der Waals surface area contributed by atoms with Crippen LogP contribution in [0.1, 0.15) is 22.5 Å². The molecule has 0 fully saturated rings. The van der Waals surface area contributed by atoms with Crippen molar-refractivity contribution < 1.29 is 4.74 Å². The number of ether oxygens (including phenoxy) is 1. The van der Waals surface area contributed by atoms with Gasteiger partial charge >= 0.3 is 0 Å². The monoisotopic (exact) mass is 375 g/mol. The van der Waals surface area contributed by atoms with Gasteiger partial charge in [-0.25, -0.2) is 4.98 Å². The molecule has 0 saturated carbocycles. The first-order chi connectivity index (χ1) is 13.6. The summed E-state index contributed by atoms with van der Waals surface area (Å²) in [5.74, 6) is 1.69. The average molecular weight is 375 g/mol. The zero-order valence-corrected chi connectivity index (χ0v) is 16.1. The lowest BCUT2D eigenvalue weighted by Gasteiger charge is -2.12. The van der Waals surface area contributed by atoms with Gasteiger partial charge in [0.25, 0.3) is 0 Å². The van der Waals surface area contributed by atoms with E-state index in [9.17, 15) is 0 Å². The van der Waals surface area contributed by atoms with Crippen LogP contribution in [-0.4, -0.2) is 36.0 Å². The van der Waals surface area contributed by atoms with Crippen LogP contribution in [0.2, 0.25) is 0 Å². The first kappa shape index (κ1) is 16.7. The number of hydrogen-bond acceptors (Lipinski definition) is 6. The van der Waals surface area contributed by atoms with Crippen LogP contribution in [0, 0.1) is 13.8 Å². The lowest BCUT2D eigenvalue weighted by molar-refractivity contribution is 0.357. The molecule has 0 amide bonds. The van der Waals surface area contributed by atoms with E-state index in [1.54, 1.807) is 6.33 Å². The molecule has 0 radical (unpaired) electrons. The summed E-state index contributed by atoms with van der Waals surface area (Å²) in [5.41, 5.74) is 7.27. The van der Waals surface area contributed by atoms with Gasteiger partial charge in [0.1, 0.15) is 12.1 Å². The van der Waals surface area contributed by atoms with Crippen molar-refractivity contribution in [2.75, 3.05) is 11.9 Å². The van der Waals surface area contributed by atoms with Gasteiger partial charge in [-0.15, -0.1) is 10.2 Å². The van der Waals surface area contributed by atoms with Crippen LogP contribution in [0.15, 0.2) is 30.7 Å². The van der Waals surface area contributed by atoms with Gasteiger partial charge in [0.15, 0.2) is 5.65 Å². The predicted octanol–water partition coefficient (Wildman–Crippen LogP) is 2.69. The Balaban J connectivity index is 1.51. The summed E-state index contributed by atoms with van der Waals surface area (Å²) < 4.78 is 9.43. The summed E-state index contributed by atoms with van der Waals surface area (Å²) in [6.07, 6.45) is 4.48. The third-order valence-electron chi connectivity index (χ3n) is 5.39. The van der Waals surface area contributed by atoms with E-state index in [0.29, 0.717) is 12.5 Å². The first-order valence-corrected chi connectivity index (χ1v) is 9.30. The van der Waals surface area contributed by atoms with Crippen molar-refractivity contribution in [2.45, 2.75) is 26.8 Å². The lowest BCUT2D eigenvalue weighted by atomic mass is 10.1. The molecular weight excluding hydrogens is 354 g/mol. The van der Waals surface area contributed by atoms with Gasteiger partial charge in [0, 0.05) is 48.6 Å². The minimum Gasteiger partial charge on any atom is -0.493 e. The average Bonchev–Trinajstić information content (AvgIpc) is 3.41. The van der Waals surface area contributed by atoms with Gasteiger partial charge in [0.2, 0.25) is 5.95 Å². The molecule has 0 unspecified atom stereocenters. The van der Waals surface area contributed by atoms with Gasteiger partial charge in [-0.1, -0.05) is 12.1 Å². The summed E-state index contributed by atoms with van der Waals surface area (Å²) in [7, 11) is 1.94. The topological polar surface area (TPSA) is 82.2 Å². The molecule has 1 aliphatic rings. The third kappa shape index (κ3) is 2.52. The van der Waals surface area contributed by atoms with E-state index < -0.39 is 0 Å². The number of nitrogens with zero attached hydrogens (tertiary/aromatic N) is 6. The van der Waals surface area contributed by atoms with Crippen molar-refractivity contribution in [1.82, 2.24) is 29.4 Å². The molecule has 0 aliphatic carbocycles. The SMILES string of the molecule is Cc1nn(C)c(C)c1-c1cnc(NCc2cccc3c2CCO3)n2cnnc12. The molecule has 4 aromatic rings. The summed E-state index contributed by atoms with van der Waals surface area (Å²) in [4.78, 5) is 4.66. The van der Waals surface area contributed by atoms with Crippen LogP contribution in [0.25, 0.3) is 16.8 Å². The number of rotatable bonds is 4.